The fourth-order valence-corrected chi connectivity index (χ4v) is 4.08. The highest BCUT2D eigenvalue weighted by molar-refractivity contribution is 9.10. The molecule has 0 N–H and O–H groups in total. The summed E-state index contributed by atoms with van der Waals surface area (Å²) in [7, 11) is 0. The normalized spacial score (nSPS) is 15.4. The summed E-state index contributed by atoms with van der Waals surface area (Å²) in [5, 5.41) is 6.87. The zero-order chi connectivity index (χ0) is 19.2. The Morgan fingerprint density at radius 3 is 1.82 bits per heavy atom. The van der Waals surface area contributed by atoms with Crippen molar-refractivity contribution in [3.05, 3.63) is 106 Å². The van der Waals surface area contributed by atoms with Crippen molar-refractivity contribution in [2.45, 2.75) is 6.04 Å². The zero-order valence-corrected chi connectivity index (χ0v) is 17.4. The number of rotatable bonds is 5. The van der Waals surface area contributed by atoms with Crippen molar-refractivity contribution in [1.82, 2.24) is 9.91 Å². The standard InChI is InChI=1S/C24H24BrN3/c25-23-14-8-7-13-22(23)19-26-28-17-15-27(16-18-28)24(20-9-3-1-4-10-20)21-11-5-2-6-12-21/h1-14,19,24H,15-18H2. The van der Waals surface area contributed by atoms with Crippen LogP contribution in [-0.2, 0) is 0 Å². The van der Waals surface area contributed by atoms with Crippen LogP contribution in [0.5, 0.6) is 0 Å². The number of hydrazone groups is 1. The molecule has 3 nitrogen and oxygen atoms in total. The third kappa shape index (κ3) is 4.51. The van der Waals surface area contributed by atoms with Gasteiger partial charge in [-0.25, -0.2) is 0 Å². The minimum absolute atomic E-state index is 0.289. The van der Waals surface area contributed by atoms with Gasteiger partial charge >= 0.3 is 0 Å². The second-order valence-electron chi connectivity index (χ2n) is 6.98. The van der Waals surface area contributed by atoms with E-state index in [2.05, 4.69) is 92.6 Å². The third-order valence-corrected chi connectivity index (χ3v) is 5.87. The summed E-state index contributed by atoms with van der Waals surface area (Å²) in [6.07, 6.45) is 1.95. The predicted molar refractivity (Wildman–Crippen MR) is 120 cm³/mol. The first-order valence-electron chi connectivity index (χ1n) is 9.69. The molecule has 0 saturated carbocycles. The molecule has 28 heavy (non-hydrogen) atoms. The molecule has 4 rings (SSSR count). The molecule has 0 aliphatic carbocycles. The van der Waals surface area contributed by atoms with Crippen LogP contribution in [0.3, 0.4) is 0 Å². The quantitative estimate of drug-likeness (QED) is 0.515. The van der Waals surface area contributed by atoms with Crippen molar-refractivity contribution in [2.24, 2.45) is 5.10 Å². The number of hydrogen-bond acceptors (Lipinski definition) is 3. The van der Waals surface area contributed by atoms with E-state index in [1.54, 1.807) is 0 Å². The summed E-state index contributed by atoms with van der Waals surface area (Å²) in [4.78, 5) is 2.56. The molecule has 0 unspecified atom stereocenters. The Bertz CT molecular complexity index is 864. The summed E-state index contributed by atoms with van der Waals surface area (Å²) in [5.74, 6) is 0. The highest BCUT2D eigenvalue weighted by Crippen LogP contribution is 2.29. The third-order valence-electron chi connectivity index (χ3n) is 5.15. The fraction of sp³-hybridized carbons (Fsp3) is 0.208. The first-order valence-corrected chi connectivity index (χ1v) is 10.5. The van der Waals surface area contributed by atoms with E-state index in [0.29, 0.717) is 0 Å². The van der Waals surface area contributed by atoms with Crippen LogP contribution in [0.15, 0.2) is 94.5 Å². The molecule has 142 valence electrons. The highest BCUT2D eigenvalue weighted by Gasteiger charge is 2.25. The highest BCUT2D eigenvalue weighted by atomic mass is 79.9. The Morgan fingerprint density at radius 2 is 1.25 bits per heavy atom. The predicted octanol–water partition coefficient (Wildman–Crippen LogP) is 5.19. The van der Waals surface area contributed by atoms with Crippen LogP contribution in [0.25, 0.3) is 0 Å². The van der Waals surface area contributed by atoms with Gasteiger partial charge in [-0.1, -0.05) is 94.8 Å². The largest absolute Gasteiger partial charge is 0.294 e. The smallest absolute Gasteiger partial charge is 0.0603 e. The van der Waals surface area contributed by atoms with Crippen molar-refractivity contribution in [1.29, 1.82) is 0 Å². The van der Waals surface area contributed by atoms with Gasteiger partial charge < -0.3 is 0 Å². The lowest BCUT2D eigenvalue weighted by molar-refractivity contribution is 0.113. The number of hydrogen-bond donors (Lipinski definition) is 0. The van der Waals surface area contributed by atoms with Crippen molar-refractivity contribution < 1.29 is 0 Å². The SMILES string of the molecule is Brc1ccccc1C=NN1CCN(C(c2ccccc2)c2ccccc2)CC1. The van der Waals surface area contributed by atoms with Crippen molar-refractivity contribution in [3.8, 4) is 0 Å². The first kappa shape index (κ1) is 18.9. The fourth-order valence-electron chi connectivity index (χ4n) is 3.69. The molecule has 0 atom stereocenters. The lowest BCUT2D eigenvalue weighted by Gasteiger charge is -2.38. The maximum absolute atomic E-state index is 4.71. The summed E-state index contributed by atoms with van der Waals surface area (Å²) in [5.41, 5.74) is 3.80. The van der Waals surface area contributed by atoms with E-state index in [1.807, 2.05) is 24.4 Å². The van der Waals surface area contributed by atoms with Gasteiger partial charge in [-0.15, -0.1) is 0 Å². The van der Waals surface area contributed by atoms with Gasteiger partial charge in [-0.05, 0) is 17.2 Å². The summed E-state index contributed by atoms with van der Waals surface area (Å²) in [6, 6.07) is 30.1. The number of piperazine rings is 1. The van der Waals surface area contributed by atoms with E-state index in [1.165, 1.54) is 11.1 Å². The van der Waals surface area contributed by atoms with Gasteiger partial charge in [0.15, 0.2) is 0 Å². The molecule has 1 heterocycles. The Hall–Kier alpha value is -2.43. The summed E-state index contributed by atoms with van der Waals surface area (Å²) >= 11 is 3.58. The van der Waals surface area contributed by atoms with E-state index in [0.717, 1.165) is 36.2 Å². The molecule has 3 aromatic carbocycles. The molecule has 1 fully saturated rings. The second kappa shape index (κ2) is 9.18. The molecule has 1 saturated heterocycles. The topological polar surface area (TPSA) is 18.8 Å². The Morgan fingerprint density at radius 1 is 0.714 bits per heavy atom. The van der Waals surface area contributed by atoms with Gasteiger partial charge in [0.2, 0.25) is 0 Å². The van der Waals surface area contributed by atoms with Gasteiger partial charge in [-0.2, -0.15) is 5.10 Å². The van der Waals surface area contributed by atoms with Crippen LogP contribution in [0, 0.1) is 0 Å². The van der Waals surface area contributed by atoms with E-state index in [4.69, 9.17) is 5.10 Å². The number of halogens is 1. The van der Waals surface area contributed by atoms with Crippen molar-refractivity contribution in [2.75, 3.05) is 26.2 Å². The molecular weight excluding hydrogens is 410 g/mol. The Labute approximate surface area is 175 Å². The van der Waals surface area contributed by atoms with E-state index in [-0.39, 0.29) is 6.04 Å². The lowest BCUT2D eigenvalue weighted by Crippen LogP contribution is -2.45. The minimum atomic E-state index is 0.289. The van der Waals surface area contributed by atoms with E-state index < -0.39 is 0 Å². The van der Waals surface area contributed by atoms with Gasteiger partial charge in [-0.3, -0.25) is 9.91 Å². The minimum Gasteiger partial charge on any atom is -0.294 e. The van der Waals surface area contributed by atoms with Gasteiger partial charge in [0.1, 0.15) is 0 Å². The van der Waals surface area contributed by atoms with Crippen molar-refractivity contribution in [3.63, 3.8) is 0 Å². The summed E-state index contributed by atoms with van der Waals surface area (Å²) in [6.45, 7) is 3.83. The molecule has 0 radical (unpaired) electrons. The van der Waals surface area contributed by atoms with Gasteiger partial charge in [0, 0.05) is 36.2 Å². The molecule has 0 amide bonds. The average Bonchev–Trinajstić information content (AvgIpc) is 2.76. The second-order valence-corrected chi connectivity index (χ2v) is 7.83. The molecule has 0 aromatic heterocycles. The molecule has 0 spiro atoms. The Balaban J connectivity index is 1.47. The van der Waals surface area contributed by atoms with E-state index >= 15 is 0 Å². The first-order chi connectivity index (χ1) is 13.8. The number of benzene rings is 3. The molecule has 3 aromatic rings. The molecule has 0 bridgehead atoms. The maximum atomic E-state index is 4.71. The lowest BCUT2D eigenvalue weighted by atomic mass is 9.96. The average molecular weight is 434 g/mol. The Kier molecular flexibility index (Phi) is 6.20. The molecular formula is C24H24BrN3. The monoisotopic (exact) mass is 433 g/mol. The van der Waals surface area contributed by atoms with Crippen LogP contribution in [0.2, 0.25) is 0 Å². The maximum Gasteiger partial charge on any atom is 0.0603 e. The van der Waals surface area contributed by atoms with Gasteiger partial charge in [0.05, 0.1) is 12.3 Å². The van der Waals surface area contributed by atoms with Crippen LogP contribution < -0.4 is 0 Å². The van der Waals surface area contributed by atoms with Crippen LogP contribution in [0.1, 0.15) is 22.7 Å². The van der Waals surface area contributed by atoms with Crippen LogP contribution in [-0.4, -0.2) is 42.3 Å². The van der Waals surface area contributed by atoms with Gasteiger partial charge in [0.25, 0.3) is 0 Å². The number of nitrogens with zero attached hydrogens (tertiary/aromatic N) is 3. The van der Waals surface area contributed by atoms with E-state index in [9.17, 15) is 0 Å². The van der Waals surface area contributed by atoms with Crippen LogP contribution >= 0.6 is 15.9 Å². The molecule has 1 aliphatic heterocycles. The van der Waals surface area contributed by atoms with Crippen molar-refractivity contribution >= 4 is 22.1 Å². The molecule has 4 heteroatoms. The zero-order valence-electron chi connectivity index (χ0n) is 15.8. The van der Waals surface area contributed by atoms with Crippen LogP contribution in [0.4, 0.5) is 0 Å². The summed E-state index contributed by atoms with van der Waals surface area (Å²) < 4.78 is 1.07. The molecule has 1 aliphatic rings.